The molecule has 2 fully saturated rings. The van der Waals surface area contributed by atoms with Gasteiger partial charge in [0, 0.05) is 25.9 Å². The van der Waals surface area contributed by atoms with E-state index in [9.17, 15) is 0 Å². The van der Waals surface area contributed by atoms with Crippen molar-refractivity contribution in [3.8, 4) is 0 Å². The number of nitrogens with zero attached hydrogens (tertiary/aromatic N) is 3. The highest BCUT2D eigenvalue weighted by Gasteiger charge is 2.21. The van der Waals surface area contributed by atoms with E-state index in [0.717, 1.165) is 46.7 Å². The van der Waals surface area contributed by atoms with Crippen LogP contribution in [-0.4, -0.2) is 37.2 Å². The van der Waals surface area contributed by atoms with E-state index in [-0.39, 0.29) is 0 Å². The number of rotatable bonds is 10. The van der Waals surface area contributed by atoms with Gasteiger partial charge in [0.1, 0.15) is 11.6 Å². The number of para-hydroxylation sites is 1. The Morgan fingerprint density at radius 3 is 2.25 bits per heavy atom. The molecule has 0 unspecified atom stereocenters. The Kier molecular flexibility index (Phi) is 8.78. The van der Waals surface area contributed by atoms with Gasteiger partial charge in [-0.15, -0.1) is 0 Å². The Morgan fingerprint density at radius 1 is 0.812 bits per heavy atom. The highest BCUT2D eigenvalue weighted by Crippen LogP contribution is 2.32. The maximum atomic E-state index is 4.86. The van der Waals surface area contributed by atoms with Crippen molar-refractivity contribution in [1.82, 2.24) is 15.3 Å². The molecular weight excluding hydrogens is 392 g/mol. The molecule has 2 saturated carbocycles. The molecule has 1 aromatic carbocycles. The van der Waals surface area contributed by atoms with Gasteiger partial charge in [-0.2, -0.15) is 0 Å². The topological polar surface area (TPSA) is 41.1 Å². The normalized spacial score (nSPS) is 22.3. The third kappa shape index (κ3) is 6.66. The van der Waals surface area contributed by atoms with Crippen LogP contribution in [0.1, 0.15) is 82.9 Å². The lowest BCUT2D eigenvalue weighted by atomic mass is 9.79. The van der Waals surface area contributed by atoms with Gasteiger partial charge in [-0.05, 0) is 75.1 Å². The summed E-state index contributed by atoms with van der Waals surface area (Å²) in [4.78, 5) is 11.8. The molecular formula is C28H44N4. The van der Waals surface area contributed by atoms with Crippen molar-refractivity contribution < 1.29 is 0 Å². The highest BCUT2D eigenvalue weighted by molar-refractivity contribution is 5.89. The third-order valence-electron chi connectivity index (χ3n) is 7.87. The minimum absolute atomic E-state index is 0.922. The second-order valence-corrected chi connectivity index (χ2v) is 10.7. The molecule has 0 atom stereocenters. The summed E-state index contributed by atoms with van der Waals surface area (Å²) in [5, 5.41) is 4.96. The molecule has 0 amide bonds. The molecule has 1 N–H and O–H groups in total. The van der Waals surface area contributed by atoms with E-state index in [0.29, 0.717) is 0 Å². The lowest BCUT2D eigenvalue weighted by Crippen LogP contribution is -2.31. The van der Waals surface area contributed by atoms with E-state index in [1.54, 1.807) is 0 Å². The molecule has 0 saturated heterocycles. The van der Waals surface area contributed by atoms with E-state index in [1.807, 2.05) is 0 Å². The first-order chi connectivity index (χ1) is 15.7. The first-order valence-electron chi connectivity index (χ1n) is 13.3. The second kappa shape index (κ2) is 12.0. The number of nitrogens with one attached hydrogen (secondary N) is 1. The van der Waals surface area contributed by atoms with Crippen LogP contribution < -0.4 is 10.2 Å². The van der Waals surface area contributed by atoms with E-state index in [1.165, 1.54) is 90.1 Å². The van der Waals surface area contributed by atoms with Crippen molar-refractivity contribution in [2.45, 2.75) is 83.5 Å². The van der Waals surface area contributed by atoms with Crippen molar-refractivity contribution in [2.24, 2.45) is 17.8 Å². The Labute approximate surface area is 195 Å². The van der Waals surface area contributed by atoms with Gasteiger partial charge in [-0.1, -0.05) is 57.1 Å². The summed E-state index contributed by atoms with van der Waals surface area (Å²) in [7, 11) is 4.14. The molecule has 4 nitrogen and oxygen atoms in total. The Balaban J connectivity index is 1.13. The standard InChI is InChI=1S/C28H44N4/c1-32(2)28-25-13-7-8-14-26(25)30-27(31-28)15-9-6-10-22-16-18-24(19-17-22)21-29-20-23-11-4-3-5-12-23/h7-8,13-14,22-24,29H,3-6,9-12,15-21H2,1-2H3. The fourth-order valence-electron chi connectivity index (χ4n) is 5.88. The van der Waals surface area contributed by atoms with Crippen LogP contribution in [0.15, 0.2) is 24.3 Å². The van der Waals surface area contributed by atoms with Crippen LogP contribution in [-0.2, 0) is 6.42 Å². The van der Waals surface area contributed by atoms with Crippen LogP contribution in [0, 0.1) is 17.8 Å². The maximum absolute atomic E-state index is 4.86. The molecule has 2 aliphatic rings. The lowest BCUT2D eigenvalue weighted by molar-refractivity contribution is 0.246. The molecule has 0 radical (unpaired) electrons. The van der Waals surface area contributed by atoms with Crippen molar-refractivity contribution in [2.75, 3.05) is 32.1 Å². The van der Waals surface area contributed by atoms with Crippen LogP contribution in [0.5, 0.6) is 0 Å². The SMILES string of the molecule is CN(C)c1nc(CCCCC2CCC(CNCC3CCCCC3)CC2)nc2ccccc12. The molecule has 4 rings (SSSR count). The van der Waals surface area contributed by atoms with Gasteiger partial charge in [0.25, 0.3) is 0 Å². The van der Waals surface area contributed by atoms with Gasteiger partial charge in [-0.25, -0.2) is 9.97 Å². The number of hydrogen-bond acceptors (Lipinski definition) is 4. The van der Waals surface area contributed by atoms with Gasteiger partial charge in [-0.3, -0.25) is 0 Å². The molecule has 2 aliphatic carbocycles. The zero-order valence-corrected chi connectivity index (χ0v) is 20.5. The minimum Gasteiger partial charge on any atom is -0.362 e. The zero-order chi connectivity index (χ0) is 22.2. The van der Waals surface area contributed by atoms with E-state index in [2.05, 4.69) is 48.6 Å². The molecule has 1 aromatic heterocycles. The van der Waals surface area contributed by atoms with E-state index >= 15 is 0 Å². The molecule has 4 heteroatoms. The Hall–Kier alpha value is -1.68. The van der Waals surface area contributed by atoms with Crippen molar-refractivity contribution in [3.63, 3.8) is 0 Å². The first kappa shape index (κ1) is 23.5. The average molecular weight is 437 g/mol. The van der Waals surface area contributed by atoms with Gasteiger partial charge < -0.3 is 10.2 Å². The van der Waals surface area contributed by atoms with Crippen LogP contribution in [0.3, 0.4) is 0 Å². The molecule has 0 spiro atoms. The summed E-state index contributed by atoms with van der Waals surface area (Å²) in [5.41, 5.74) is 1.07. The maximum Gasteiger partial charge on any atom is 0.139 e. The quantitative estimate of drug-likeness (QED) is 0.438. The molecule has 2 aromatic rings. The number of unbranched alkanes of at least 4 members (excludes halogenated alkanes) is 1. The number of benzene rings is 1. The molecule has 0 aliphatic heterocycles. The van der Waals surface area contributed by atoms with Crippen LogP contribution in [0.4, 0.5) is 5.82 Å². The molecule has 176 valence electrons. The van der Waals surface area contributed by atoms with E-state index in [4.69, 9.17) is 9.97 Å². The predicted octanol–water partition coefficient (Wildman–Crippen LogP) is 6.38. The van der Waals surface area contributed by atoms with Gasteiger partial charge in [0.15, 0.2) is 0 Å². The summed E-state index contributed by atoms with van der Waals surface area (Å²) < 4.78 is 0. The van der Waals surface area contributed by atoms with Crippen LogP contribution in [0.25, 0.3) is 10.9 Å². The number of aryl methyl sites for hydroxylation is 1. The number of aromatic nitrogens is 2. The Bertz CT molecular complexity index is 819. The second-order valence-electron chi connectivity index (χ2n) is 10.7. The van der Waals surface area contributed by atoms with Crippen LogP contribution >= 0.6 is 0 Å². The van der Waals surface area contributed by atoms with E-state index < -0.39 is 0 Å². The zero-order valence-electron chi connectivity index (χ0n) is 20.5. The number of fused-ring (bicyclic) bond motifs is 1. The molecule has 32 heavy (non-hydrogen) atoms. The fraction of sp³-hybridized carbons (Fsp3) is 0.714. The van der Waals surface area contributed by atoms with Gasteiger partial charge in [0.05, 0.1) is 5.52 Å². The third-order valence-corrected chi connectivity index (χ3v) is 7.87. The summed E-state index contributed by atoms with van der Waals surface area (Å²) in [6.45, 7) is 2.53. The largest absolute Gasteiger partial charge is 0.362 e. The van der Waals surface area contributed by atoms with Gasteiger partial charge >= 0.3 is 0 Å². The smallest absolute Gasteiger partial charge is 0.139 e. The Morgan fingerprint density at radius 2 is 1.50 bits per heavy atom. The fourth-order valence-corrected chi connectivity index (χ4v) is 5.88. The van der Waals surface area contributed by atoms with Crippen molar-refractivity contribution in [1.29, 1.82) is 0 Å². The molecule has 1 heterocycles. The first-order valence-corrected chi connectivity index (χ1v) is 13.3. The number of anilines is 1. The van der Waals surface area contributed by atoms with Crippen molar-refractivity contribution in [3.05, 3.63) is 30.1 Å². The summed E-state index contributed by atoms with van der Waals surface area (Å²) in [5.74, 6) is 4.87. The lowest BCUT2D eigenvalue weighted by Gasteiger charge is -2.29. The van der Waals surface area contributed by atoms with Crippen LogP contribution in [0.2, 0.25) is 0 Å². The number of hydrogen-bond donors (Lipinski definition) is 1. The minimum atomic E-state index is 0.922. The summed E-state index contributed by atoms with van der Waals surface area (Å²) >= 11 is 0. The molecule has 0 bridgehead atoms. The summed E-state index contributed by atoms with van der Waals surface area (Å²) in [6, 6.07) is 8.37. The predicted molar refractivity (Wildman–Crippen MR) is 136 cm³/mol. The summed E-state index contributed by atoms with van der Waals surface area (Å²) in [6.07, 6.45) is 17.9. The highest BCUT2D eigenvalue weighted by atomic mass is 15.1. The van der Waals surface area contributed by atoms with Crippen molar-refractivity contribution >= 4 is 16.7 Å². The average Bonchev–Trinajstić information content (AvgIpc) is 2.83. The monoisotopic (exact) mass is 436 g/mol. The van der Waals surface area contributed by atoms with Gasteiger partial charge in [0.2, 0.25) is 0 Å².